The highest BCUT2D eigenvalue weighted by Crippen LogP contribution is 2.26. The molecule has 1 fully saturated rings. The van der Waals surface area contributed by atoms with Crippen LogP contribution in [0.5, 0.6) is 0 Å². The van der Waals surface area contributed by atoms with Gasteiger partial charge in [-0.1, -0.05) is 18.2 Å². The average Bonchev–Trinajstić information content (AvgIpc) is 2.58. The smallest absolute Gasteiger partial charge is 0.410 e. The fraction of sp³-hybridized carbons (Fsp3) is 0.500. The van der Waals surface area contributed by atoms with Crippen molar-refractivity contribution in [2.45, 2.75) is 45.9 Å². The molecule has 6 nitrogen and oxygen atoms in total. The second-order valence-electron chi connectivity index (χ2n) is 7.79. The van der Waals surface area contributed by atoms with Gasteiger partial charge in [-0.3, -0.25) is 0 Å². The van der Waals surface area contributed by atoms with Gasteiger partial charge in [0.1, 0.15) is 11.4 Å². The molecule has 6 heteroatoms. The molecule has 2 heterocycles. The molecule has 0 saturated carbocycles. The predicted octanol–water partition coefficient (Wildman–Crippen LogP) is 3.17. The lowest BCUT2D eigenvalue weighted by Crippen LogP contribution is -2.55. The van der Waals surface area contributed by atoms with Crippen molar-refractivity contribution in [3.05, 3.63) is 35.9 Å². The van der Waals surface area contributed by atoms with E-state index in [-0.39, 0.29) is 18.7 Å². The molecule has 0 unspecified atom stereocenters. The minimum Gasteiger partial charge on any atom is -0.444 e. The molecule has 1 aromatic heterocycles. The number of ether oxygens (including phenoxy) is 1. The summed E-state index contributed by atoms with van der Waals surface area (Å²) in [5.41, 5.74) is 1.21. The van der Waals surface area contributed by atoms with Gasteiger partial charge in [-0.05, 0) is 39.8 Å². The second kappa shape index (κ2) is 7.11. The molecule has 1 aliphatic rings. The van der Waals surface area contributed by atoms with E-state index in [9.17, 15) is 9.90 Å². The Hall–Kier alpha value is -2.34. The van der Waals surface area contributed by atoms with E-state index < -0.39 is 5.60 Å². The number of para-hydroxylation sites is 1. The van der Waals surface area contributed by atoms with Crippen LogP contribution < -0.4 is 4.90 Å². The number of aromatic nitrogens is 1. The Morgan fingerprint density at radius 1 is 1.31 bits per heavy atom. The molecule has 0 spiro atoms. The van der Waals surface area contributed by atoms with Crippen LogP contribution in [0.3, 0.4) is 0 Å². The number of rotatable bonds is 2. The number of nitrogens with zero attached hydrogens (tertiary/aromatic N) is 3. The van der Waals surface area contributed by atoms with E-state index in [0.29, 0.717) is 19.6 Å². The SMILES string of the molecule is C[C@@H]1CN(c2nc3ccccc3cc2CO)CCN1C(=O)OC(C)(C)C. The maximum absolute atomic E-state index is 12.4. The van der Waals surface area contributed by atoms with Gasteiger partial charge in [0.2, 0.25) is 0 Å². The monoisotopic (exact) mass is 357 g/mol. The van der Waals surface area contributed by atoms with Gasteiger partial charge in [0.25, 0.3) is 0 Å². The molecule has 3 rings (SSSR count). The summed E-state index contributed by atoms with van der Waals surface area (Å²) in [6.07, 6.45) is -0.279. The third-order valence-corrected chi connectivity index (χ3v) is 4.51. The topological polar surface area (TPSA) is 65.9 Å². The largest absolute Gasteiger partial charge is 0.444 e. The first-order chi connectivity index (χ1) is 12.3. The summed E-state index contributed by atoms with van der Waals surface area (Å²) in [6.45, 7) is 9.44. The molecule has 1 N–H and O–H groups in total. The van der Waals surface area contributed by atoms with Crippen molar-refractivity contribution in [2.24, 2.45) is 0 Å². The van der Waals surface area contributed by atoms with E-state index in [2.05, 4.69) is 4.90 Å². The van der Waals surface area contributed by atoms with Crippen LogP contribution in [-0.2, 0) is 11.3 Å². The van der Waals surface area contributed by atoms with E-state index >= 15 is 0 Å². The maximum Gasteiger partial charge on any atom is 0.410 e. The number of aliphatic hydroxyl groups is 1. The Morgan fingerprint density at radius 2 is 2.04 bits per heavy atom. The molecule has 1 amide bonds. The van der Waals surface area contributed by atoms with Gasteiger partial charge in [0, 0.05) is 36.6 Å². The molecular formula is C20H27N3O3. The van der Waals surface area contributed by atoms with Crippen molar-refractivity contribution >= 4 is 22.8 Å². The molecule has 1 atom stereocenters. The average molecular weight is 357 g/mol. The van der Waals surface area contributed by atoms with Crippen LogP contribution in [0.15, 0.2) is 30.3 Å². The number of carbonyl (C=O) groups excluding carboxylic acids is 1. The third kappa shape index (κ3) is 3.90. The fourth-order valence-electron chi connectivity index (χ4n) is 3.28. The van der Waals surface area contributed by atoms with E-state index in [1.165, 1.54) is 0 Å². The number of benzene rings is 1. The lowest BCUT2D eigenvalue weighted by atomic mass is 10.1. The van der Waals surface area contributed by atoms with E-state index in [1.54, 1.807) is 4.90 Å². The second-order valence-corrected chi connectivity index (χ2v) is 7.79. The van der Waals surface area contributed by atoms with Crippen LogP contribution >= 0.6 is 0 Å². The van der Waals surface area contributed by atoms with E-state index in [1.807, 2.05) is 58.0 Å². The summed E-state index contributed by atoms with van der Waals surface area (Å²) in [6, 6.07) is 9.88. The Morgan fingerprint density at radius 3 is 2.69 bits per heavy atom. The quantitative estimate of drug-likeness (QED) is 0.894. The number of amides is 1. The number of carbonyl (C=O) groups is 1. The van der Waals surface area contributed by atoms with Crippen molar-refractivity contribution in [2.75, 3.05) is 24.5 Å². The number of fused-ring (bicyclic) bond motifs is 1. The van der Waals surface area contributed by atoms with Crippen LogP contribution in [0, 0.1) is 0 Å². The molecule has 140 valence electrons. The first-order valence-corrected chi connectivity index (χ1v) is 9.02. The Labute approximate surface area is 154 Å². The van der Waals surface area contributed by atoms with Gasteiger partial charge >= 0.3 is 6.09 Å². The van der Waals surface area contributed by atoms with Gasteiger partial charge < -0.3 is 19.6 Å². The zero-order valence-electron chi connectivity index (χ0n) is 15.9. The normalized spacial score (nSPS) is 18.3. The number of aliphatic hydroxyl groups excluding tert-OH is 1. The van der Waals surface area contributed by atoms with Crippen LogP contribution in [-0.4, -0.2) is 52.4 Å². The Bertz CT molecular complexity index is 800. The third-order valence-electron chi connectivity index (χ3n) is 4.51. The molecule has 0 aliphatic carbocycles. The number of piperazine rings is 1. The van der Waals surface area contributed by atoms with Gasteiger partial charge in [0.15, 0.2) is 0 Å². The molecule has 1 aromatic carbocycles. The number of hydrogen-bond donors (Lipinski definition) is 1. The fourth-order valence-corrected chi connectivity index (χ4v) is 3.28. The highest BCUT2D eigenvalue weighted by Gasteiger charge is 2.32. The molecule has 1 aliphatic heterocycles. The van der Waals surface area contributed by atoms with Crippen molar-refractivity contribution in [3.63, 3.8) is 0 Å². The molecular weight excluding hydrogens is 330 g/mol. The summed E-state index contributed by atoms with van der Waals surface area (Å²) in [7, 11) is 0. The van der Waals surface area contributed by atoms with Crippen LogP contribution in [0.2, 0.25) is 0 Å². The zero-order valence-corrected chi connectivity index (χ0v) is 15.9. The highest BCUT2D eigenvalue weighted by molar-refractivity contribution is 5.82. The summed E-state index contributed by atoms with van der Waals surface area (Å²) in [4.78, 5) is 21.1. The van der Waals surface area contributed by atoms with E-state index in [0.717, 1.165) is 22.3 Å². The van der Waals surface area contributed by atoms with Crippen molar-refractivity contribution in [1.29, 1.82) is 0 Å². The van der Waals surface area contributed by atoms with Gasteiger partial charge in [-0.15, -0.1) is 0 Å². The maximum atomic E-state index is 12.4. The number of anilines is 1. The Balaban J connectivity index is 1.80. The van der Waals surface area contributed by atoms with Crippen molar-refractivity contribution < 1.29 is 14.6 Å². The minimum atomic E-state index is -0.502. The highest BCUT2D eigenvalue weighted by atomic mass is 16.6. The molecule has 2 aromatic rings. The lowest BCUT2D eigenvalue weighted by molar-refractivity contribution is 0.0158. The van der Waals surface area contributed by atoms with Crippen LogP contribution in [0.4, 0.5) is 10.6 Å². The molecule has 0 radical (unpaired) electrons. The summed E-state index contributed by atoms with van der Waals surface area (Å²) >= 11 is 0. The molecule has 0 bridgehead atoms. The first kappa shape index (κ1) is 18.5. The zero-order chi connectivity index (χ0) is 18.9. The standard InChI is InChI=1S/C20H27N3O3/c1-14-12-22(9-10-23(14)19(25)26-20(2,3)4)18-16(13-24)11-15-7-5-6-8-17(15)21-18/h5-8,11,14,24H,9-10,12-13H2,1-4H3/t14-/m1/s1. The molecule has 26 heavy (non-hydrogen) atoms. The summed E-state index contributed by atoms with van der Waals surface area (Å²) < 4.78 is 5.50. The number of hydrogen-bond acceptors (Lipinski definition) is 5. The Kier molecular flexibility index (Phi) is 5.05. The van der Waals surface area contributed by atoms with Gasteiger partial charge in [-0.25, -0.2) is 9.78 Å². The summed E-state index contributed by atoms with van der Waals surface area (Å²) in [5, 5.41) is 10.8. The predicted molar refractivity (Wildman–Crippen MR) is 102 cm³/mol. The first-order valence-electron chi connectivity index (χ1n) is 9.02. The van der Waals surface area contributed by atoms with Crippen LogP contribution in [0.25, 0.3) is 10.9 Å². The minimum absolute atomic E-state index is 0.00147. The van der Waals surface area contributed by atoms with E-state index in [4.69, 9.17) is 9.72 Å². The van der Waals surface area contributed by atoms with Gasteiger partial charge in [-0.2, -0.15) is 0 Å². The van der Waals surface area contributed by atoms with Gasteiger partial charge in [0.05, 0.1) is 12.1 Å². The van der Waals surface area contributed by atoms with Crippen molar-refractivity contribution in [3.8, 4) is 0 Å². The summed E-state index contributed by atoms with van der Waals surface area (Å²) in [5.74, 6) is 0.793. The molecule has 1 saturated heterocycles. The number of pyridine rings is 1. The lowest BCUT2D eigenvalue weighted by Gasteiger charge is -2.41. The van der Waals surface area contributed by atoms with Crippen molar-refractivity contribution in [1.82, 2.24) is 9.88 Å². The van der Waals surface area contributed by atoms with Crippen LogP contribution in [0.1, 0.15) is 33.3 Å².